The summed E-state index contributed by atoms with van der Waals surface area (Å²) in [5, 5.41) is 3.41. The van der Waals surface area contributed by atoms with Gasteiger partial charge in [0.05, 0.1) is 0 Å². The third kappa shape index (κ3) is 3.70. The van der Waals surface area contributed by atoms with Crippen LogP contribution in [-0.4, -0.2) is 36.1 Å². The van der Waals surface area contributed by atoms with Crippen molar-refractivity contribution in [2.45, 2.75) is 32.6 Å². The molecule has 1 saturated heterocycles. The van der Waals surface area contributed by atoms with Crippen LogP contribution in [0, 0.1) is 0 Å². The molecule has 0 radical (unpaired) electrons. The first-order valence-electron chi connectivity index (χ1n) is 6.68. The highest BCUT2D eigenvalue weighted by Gasteiger charge is 2.10. The van der Waals surface area contributed by atoms with E-state index in [2.05, 4.69) is 41.2 Å². The Bertz CT molecular complexity index is 343. The van der Waals surface area contributed by atoms with Crippen LogP contribution in [0.2, 0.25) is 0 Å². The van der Waals surface area contributed by atoms with E-state index in [1.807, 2.05) is 6.20 Å². The molecular formula is C14H23N3. The van der Waals surface area contributed by atoms with Crippen molar-refractivity contribution in [2.75, 3.05) is 31.5 Å². The van der Waals surface area contributed by atoms with Gasteiger partial charge in [0, 0.05) is 19.3 Å². The second-order valence-electron chi connectivity index (χ2n) is 5.10. The highest BCUT2D eigenvalue weighted by atomic mass is 15.2. The highest BCUT2D eigenvalue weighted by molar-refractivity contribution is 5.38. The van der Waals surface area contributed by atoms with Gasteiger partial charge in [0.15, 0.2) is 0 Å². The lowest BCUT2D eigenvalue weighted by Gasteiger charge is -2.15. The number of aromatic nitrogens is 1. The minimum atomic E-state index is 0.567. The van der Waals surface area contributed by atoms with Gasteiger partial charge in [-0.25, -0.2) is 4.98 Å². The number of hydrogen-bond acceptors (Lipinski definition) is 3. The van der Waals surface area contributed by atoms with Gasteiger partial charge < -0.3 is 10.2 Å². The molecule has 2 heterocycles. The van der Waals surface area contributed by atoms with Gasteiger partial charge in [-0.05, 0) is 49.5 Å². The fourth-order valence-corrected chi connectivity index (χ4v) is 2.25. The van der Waals surface area contributed by atoms with E-state index in [-0.39, 0.29) is 0 Å². The summed E-state index contributed by atoms with van der Waals surface area (Å²) in [6.45, 7) is 9.08. The van der Waals surface area contributed by atoms with Crippen LogP contribution in [0.1, 0.15) is 38.2 Å². The fourth-order valence-electron chi connectivity index (χ4n) is 2.25. The van der Waals surface area contributed by atoms with Crippen molar-refractivity contribution in [3.05, 3.63) is 23.9 Å². The number of nitrogens with zero attached hydrogens (tertiary/aromatic N) is 2. The summed E-state index contributed by atoms with van der Waals surface area (Å²) in [5.74, 6) is 1.58. The van der Waals surface area contributed by atoms with Gasteiger partial charge in [-0.1, -0.05) is 13.8 Å². The quantitative estimate of drug-likeness (QED) is 0.847. The van der Waals surface area contributed by atoms with E-state index in [4.69, 9.17) is 0 Å². The van der Waals surface area contributed by atoms with Crippen molar-refractivity contribution in [2.24, 2.45) is 0 Å². The van der Waals surface area contributed by atoms with Gasteiger partial charge in [0.1, 0.15) is 5.82 Å². The van der Waals surface area contributed by atoms with Crippen LogP contribution < -0.4 is 5.32 Å². The Kier molecular flexibility index (Phi) is 4.37. The van der Waals surface area contributed by atoms with Crippen molar-refractivity contribution in [1.82, 2.24) is 9.88 Å². The van der Waals surface area contributed by atoms with Crippen LogP contribution in [0.15, 0.2) is 18.3 Å². The third-order valence-electron chi connectivity index (χ3n) is 3.38. The van der Waals surface area contributed by atoms with Crippen LogP contribution in [0.3, 0.4) is 0 Å². The highest BCUT2D eigenvalue weighted by Crippen LogP contribution is 2.16. The maximum Gasteiger partial charge on any atom is 0.126 e. The molecule has 0 bridgehead atoms. The van der Waals surface area contributed by atoms with Crippen LogP contribution in [0.25, 0.3) is 0 Å². The number of pyridine rings is 1. The number of nitrogens with one attached hydrogen (secondary N) is 1. The summed E-state index contributed by atoms with van der Waals surface area (Å²) in [4.78, 5) is 6.87. The zero-order chi connectivity index (χ0) is 12.1. The van der Waals surface area contributed by atoms with Gasteiger partial charge >= 0.3 is 0 Å². The summed E-state index contributed by atoms with van der Waals surface area (Å²) in [7, 11) is 0. The molecule has 17 heavy (non-hydrogen) atoms. The average molecular weight is 233 g/mol. The molecule has 1 aliphatic rings. The number of hydrogen-bond donors (Lipinski definition) is 1. The molecule has 1 N–H and O–H groups in total. The maximum atomic E-state index is 4.36. The smallest absolute Gasteiger partial charge is 0.126 e. The zero-order valence-electron chi connectivity index (χ0n) is 10.9. The van der Waals surface area contributed by atoms with E-state index in [1.165, 1.54) is 31.5 Å². The minimum Gasteiger partial charge on any atom is -0.369 e. The second kappa shape index (κ2) is 6.01. The number of anilines is 1. The average Bonchev–Trinajstić information content (AvgIpc) is 2.82. The van der Waals surface area contributed by atoms with Crippen LogP contribution in [0.4, 0.5) is 5.82 Å². The van der Waals surface area contributed by atoms with E-state index in [1.54, 1.807) is 0 Å². The van der Waals surface area contributed by atoms with E-state index >= 15 is 0 Å². The molecule has 0 aromatic carbocycles. The molecule has 0 amide bonds. The first kappa shape index (κ1) is 12.4. The van der Waals surface area contributed by atoms with Gasteiger partial charge in [-0.3, -0.25) is 0 Å². The molecule has 1 aromatic heterocycles. The number of rotatable bonds is 5. The predicted molar refractivity (Wildman–Crippen MR) is 72.5 cm³/mol. The zero-order valence-corrected chi connectivity index (χ0v) is 10.9. The van der Waals surface area contributed by atoms with E-state index in [0.717, 1.165) is 18.9 Å². The predicted octanol–water partition coefficient (Wildman–Crippen LogP) is 2.71. The first-order valence-corrected chi connectivity index (χ1v) is 6.68. The summed E-state index contributed by atoms with van der Waals surface area (Å²) in [6, 6.07) is 4.25. The molecule has 0 saturated carbocycles. The Hall–Kier alpha value is -1.09. The van der Waals surface area contributed by atoms with Crippen LogP contribution in [0.5, 0.6) is 0 Å². The Morgan fingerprint density at radius 2 is 2.12 bits per heavy atom. The van der Waals surface area contributed by atoms with Crippen LogP contribution >= 0.6 is 0 Å². The molecule has 2 rings (SSSR count). The Labute approximate surface area is 104 Å². The fraction of sp³-hybridized carbons (Fsp3) is 0.643. The van der Waals surface area contributed by atoms with Crippen LogP contribution in [-0.2, 0) is 0 Å². The molecule has 3 heteroatoms. The van der Waals surface area contributed by atoms with Crippen molar-refractivity contribution in [3.63, 3.8) is 0 Å². The van der Waals surface area contributed by atoms with Gasteiger partial charge in [-0.15, -0.1) is 0 Å². The normalized spacial score (nSPS) is 16.6. The summed E-state index contributed by atoms with van der Waals surface area (Å²) in [5.41, 5.74) is 1.35. The largest absolute Gasteiger partial charge is 0.369 e. The van der Waals surface area contributed by atoms with Gasteiger partial charge in [0.2, 0.25) is 0 Å². The topological polar surface area (TPSA) is 28.2 Å². The maximum absolute atomic E-state index is 4.36. The molecule has 0 unspecified atom stereocenters. The molecule has 3 nitrogen and oxygen atoms in total. The molecule has 94 valence electrons. The second-order valence-corrected chi connectivity index (χ2v) is 5.10. The van der Waals surface area contributed by atoms with Gasteiger partial charge in [0.25, 0.3) is 0 Å². The van der Waals surface area contributed by atoms with Crippen molar-refractivity contribution < 1.29 is 0 Å². The molecule has 0 atom stereocenters. The van der Waals surface area contributed by atoms with E-state index < -0.39 is 0 Å². The van der Waals surface area contributed by atoms with E-state index in [9.17, 15) is 0 Å². The Morgan fingerprint density at radius 3 is 2.82 bits per heavy atom. The monoisotopic (exact) mass is 233 g/mol. The molecule has 1 fully saturated rings. The molecule has 0 aliphatic carbocycles. The van der Waals surface area contributed by atoms with E-state index in [0.29, 0.717) is 5.92 Å². The lowest BCUT2D eigenvalue weighted by Crippen LogP contribution is -2.26. The lowest BCUT2D eigenvalue weighted by molar-refractivity contribution is 0.352. The third-order valence-corrected chi connectivity index (χ3v) is 3.38. The molecule has 0 spiro atoms. The van der Waals surface area contributed by atoms with Crippen molar-refractivity contribution >= 4 is 5.82 Å². The molecule has 1 aliphatic heterocycles. The summed E-state index contributed by atoms with van der Waals surface area (Å²) < 4.78 is 0. The lowest BCUT2D eigenvalue weighted by atomic mass is 10.1. The summed E-state index contributed by atoms with van der Waals surface area (Å²) >= 11 is 0. The van der Waals surface area contributed by atoms with Crippen molar-refractivity contribution in [3.8, 4) is 0 Å². The Morgan fingerprint density at radius 1 is 1.35 bits per heavy atom. The minimum absolute atomic E-state index is 0.567. The number of likely N-dealkylation sites (tertiary alicyclic amines) is 1. The summed E-state index contributed by atoms with van der Waals surface area (Å²) in [6.07, 6.45) is 4.62. The SMILES string of the molecule is CC(C)c1ccnc(NCCN2CCCC2)c1. The first-order chi connectivity index (χ1) is 8.25. The molecular weight excluding hydrogens is 210 g/mol. The standard InChI is InChI=1S/C14H23N3/c1-12(2)13-5-6-15-14(11-13)16-7-10-17-8-3-4-9-17/h5-6,11-12H,3-4,7-10H2,1-2H3,(H,15,16). The molecule has 1 aromatic rings. The Balaban J connectivity index is 1.79. The van der Waals surface area contributed by atoms with Crippen molar-refractivity contribution in [1.29, 1.82) is 0 Å². The van der Waals surface area contributed by atoms with Gasteiger partial charge in [-0.2, -0.15) is 0 Å².